The summed E-state index contributed by atoms with van der Waals surface area (Å²) in [4.78, 5) is 20.9. The van der Waals surface area contributed by atoms with Crippen LogP contribution in [0.1, 0.15) is 47.2 Å². The molecule has 7 heteroatoms. The first kappa shape index (κ1) is 21.7. The number of hydrogen-bond acceptors (Lipinski definition) is 4. The molecule has 1 amide bonds. The maximum Gasteiger partial charge on any atom is 0.407 e. The van der Waals surface area contributed by atoms with Gasteiger partial charge in [0.2, 0.25) is 0 Å². The molecule has 0 bridgehead atoms. The Balaban J connectivity index is 2.63. The normalized spacial score (nSPS) is 13.3. The molecular weight excluding hydrogens is 330 g/mol. The molecule has 0 aliphatic rings. The highest BCUT2D eigenvalue weighted by Crippen LogP contribution is 2.08. The molecule has 1 aromatic heterocycles. The molecule has 0 fully saturated rings. The molecule has 26 heavy (non-hydrogen) atoms. The monoisotopic (exact) mass is 363 g/mol. The quantitative estimate of drug-likeness (QED) is 0.512. The van der Waals surface area contributed by atoms with E-state index in [4.69, 9.17) is 4.74 Å². The van der Waals surface area contributed by atoms with E-state index >= 15 is 0 Å². The number of aliphatic imine (C=N–C) groups is 1. The van der Waals surface area contributed by atoms with Crippen LogP contribution in [-0.2, 0) is 11.3 Å². The van der Waals surface area contributed by atoms with Gasteiger partial charge >= 0.3 is 6.09 Å². The van der Waals surface area contributed by atoms with Crippen LogP contribution in [0.5, 0.6) is 0 Å². The van der Waals surface area contributed by atoms with Gasteiger partial charge in [-0.25, -0.2) is 9.79 Å². The number of aromatic nitrogens is 1. The molecule has 146 valence electrons. The molecule has 3 N–H and O–H groups in total. The maximum absolute atomic E-state index is 12.0. The third kappa shape index (κ3) is 9.25. The van der Waals surface area contributed by atoms with Gasteiger partial charge in [-0.05, 0) is 45.7 Å². The van der Waals surface area contributed by atoms with E-state index in [-0.39, 0.29) is 12.0 Å². The molecule has 0 radical (unpaired) electrons. The molecule has 0 saturated carbocycles. The zero-order valence-corrected chi connectivity index (χ0v) is 16.8. The molecule has 1 rings (SSSR count). The Morgan fingerprint density at radius 2 is 2.00 bits per heavy atom. The summed E-state index contributed by atoms with van der Waals surface area (Å²) >= 11 is 0. The van der Waals surface area contributed by atoms with Crippen molar-refractivity contribution in [2.45, 2.75) is 59.7 Å². The van der Waals surface area contributed by atoms with Crippen molar-refractivity contribution in [3.63, 3.8) is 0 Å². The number of nitrogens with zero attached hydrogens (tertiary/aromatic N) is 2. The summed E-state index contributed by atoms with van der Waals surface area (Å²) in [5, 5.41) is 9.41. The predicted molar refractivity (Wildman–Crippen MR) is 105 cm³/mol. The average Bonchev–Trinajstić information content (AvgIpc) is 2.55. The molecule has 0 aromatic carbocycles. The Hall–Kier alpha value is -2.31. The molecule has 7 nitrogen and oxygen atoms in total. The lowest BCUT2D eigenvalue weighted by Crippen LogP contribution is -2.50. The van der Waals surface area contributed by atoms with Gasteiger partial charge in [0, 0.05) is 19.3 Å². The number of carbonyl (C=O) groups excluding carboxylic acids is 1. The molecule has 0 spiro atoms. The SMILES string of the molecule is CCNC(=NCc1ccccn1)NCC(NC(=O)OC(C)(C)C)C(C)C. The molecule has 1 atom stereocenters. The first-order valence-corrected chi connectivity index (χ1v) is 9.13. The number of carbonyl (C=O) groups is 1. The van der Waals surface area contributed by atoms with Crippen molar-refractivity contribution >= 4 is 12.1 Å². The number of hydrogen-bond donors (Lipinski definition) is 3. The van der Waals surface area contributed by atoms with Crippen LogP contribution in [-0.4, -0.2) is 41.8 Å². The fourth-order valence-electron chi connectivity index (χ4n) is 2.11. The van der Waals surface area contributed by atoms with Crippen LogP contribution in [0.2, 0.25) is 0 Å². The number of amides is 1. The topological polar surface area (TPSA) is 87.6 Å². The summed E-state index contributed by atoms with van der Waals surface area (Å²) in [6.45, 7) is 13.5. The summed E-state index contributed by atoms with van der Waals surface area (Å²) < 4.78 is 5.35. The number of rotatable bonds is 7. The molecule has 0 saturated heterocycles. The number of pyridine rings is 1. The second-order valence-corrected chi connectivity index (χ2v) is 7.39. The second-order valence-electron chi connectivity index (χ2n) is 7.39. The predicted octanol–water partition coefficient (Wildman–Crippen LogP) is 2.69. The standard InChI is InChI=1S/C19H33N5O2/c1-7-20-17(22-12-15-10-8-9-11-21-15)23-13-16(14(2)3)24-18(25)26-19(4,5)6/h8-11,14,16H,7,12-13H2,1-6H3,(H,24,25)(H2,20,22,23). The van der Waals surface area contributed by atoms with Crippen molar-refractivity contribution in [3.05, 3.63) is 30.1 Å². The van der Waals surface area contributed by atoms with Crippen molar-refractivity contribution in [1.82, 2.24) is 20.9 Å². The second kappa shape index (κ2) is 10.6. The Morgan fingerprint density at radius 1 is 1.27 bits per heavy atom. The lowest BCUT2D eigenvalue weighted by molar-refractivity contribution is 0.0491. The molecule has 0 aliphatic heterocycles. The highest BCUT2D eigenvalue weighted by molar-refractivity contribution is 5.79. The lowest BCUT2D eigenvalue weighted by Gasteiger charge is -2.26. The first-order valence-electron chi connectivity index (χ1n) is 9.13. The van der Waals surface area contributed by atoms with Gasteiger partial charge in [-0.1, -0.05) is 19.9 Å². The number of guanidine groups is 1. The average molecular weight is 364 g/mol. The van der Waals surface area contributed by atoms with E-state index in [0.29, 0.717) is 19.0 Å². The van der Waals surface area contributed by atoms with E-state index in [1.165, 1.54) is 0 Å². The fourth-order valence-corrected chi connectivity index (χ4v) is 2.11. The Kier molecular flexibility index (Phi) is 8.88. The summed E-state index contributed by atoms with van der Waals surface area (Å²) in [6, 6.07) is 5.68. The molecule has 0 aliphatic carbocycles. The van der Waals surface area contributed by atoms with Crippen LogP contribution in [0, 0.1) is 5.92 Å². The van der Waals surface area contributed by atoms with Crippen LogP contribution in [0.25, 0.3) is 0 Å². The van der Waals surface area contributed by atoms with Crippen molar-refractivity contribution < 1.29 is 9.53 Å². The Bertz CT molecular complexity index is 567. The summed E-state index contributed by atoms with van der Waals surface area (Å²) in [5.41, 5.74) is 0.384. The van der Waals surface area contributed by atoms with Gasteiger partial charge in [0.15, 0.2) is 5.96 Å². The van der Waals surface area contributed by atoms with E-state index < -0.39 is 11.7 Å². The van der Waals surface area contributed by atoms with E-state index in [2.05, 4.69) is 39.8 Å². The van der Waals surface area contributed by atoms with Crippen molar-refractivity contribution in [2.75, 3.05) is 13.1 Å². The lowest BCUT2D eigenvalue weighted by atomic mass is 10.0. The van der Waals surface area contributed by atoms with E-state index in [1.54, 1.807) is 6.20 Å². The van der Waals surface area contributed by atoms with Crippen LogP contribution >= 0.6 is 0 Å². The van der Waals surface area contributed by atoms with E-state index in [0.717, 1.165) is 12.2 Å². The number of nitrogens with one attached hydrogen (secondary N) is 3. The van der Waals surface area contributed by atoms with Crippen molar-refractivity contribution in [1.29, 1.82) is 0 Å². The largest absolute Gasteiger partial charge is 0.444 e. The minimum atomic E-state index is -0.516. The van der Waals surface area contributed by atoms with Gasteiger partial charge in [-0.3, -0.25) is 4.98 Å². The fraction of sp³-hybridized carbons (Fsp3) is 0.632. The van der Waals surface area contributed by atoms with Crippen molar-refractivity contribution in [2.24, 2.45) is 10.9 Å². The third-order valence-electron chi connectivity index (χ3n) is 3.47. The Morgan fingerprint density at radius 3 is 2.54 bits per heavy atom. The van der Waals surface area contributed by atoms with Gasteiger partial charge < -0.3 is 20.7 Å². The molecular formula is C19H33N5O2. The van der Waals surface area contributed by atoms with E-state index in [9.17, 15) is 4.79 Å². The smallest absolute Gasteiger partial charge is 0.407 e. The zero-order chi connectivity index (χ0) is 19.6. The highest BCUT2D eigenvalue weighted by Gasteiger charge is 2.21. The number of ether oxygens (including phenoxy) is 1. The van der Waals surface area contributed by atoms with Gasteiger partial charge in [-0.15, -0.1) is 0 Å². The van der Waals surface area contributed by atoms with Crippen LogP contribution < -0.4 is 16.0 Å². The first-order chi connectivity index (χ1) is 12.2. The van der Waals surface area contributed by atoms with Crippen molar-refractivity contribution in [3.8, 4) is 0 Å². The minimum absolute atomic E-state index is 0.0800. The maximum atomic E-state index is 12.0. The van der Waals surface area contributed by atoms with Gasteiger partial charge in [0.05, 0.1) is 18.3 Å². The molecule has 1 aromatic rings. The van der Waals surface area contributed by atoms with Gasteiger partial charge in [0.1, 0.15) is 5.60 Å². The summed E-state index contributed by atoms with van der Waals surface area (Å²) in [7, 11) is 0. The third-order valence-corrected chi connectivity index (χ3v) is 3.47. The van der Waals surface area contributed by atoms with Crippen LogP contribution in [0.15, 0.2) is 29.4 Å². The molecule has 1 heterocycles. The van der Waals surface area contributed by atoms with Crippen LogP contribution in [0.4, 0.5) is 4.79 Å². The number of alkyl carbamates (subject to hydrolysis) is 1. The Labute approximate surface area is 157 Å². The zero-order valence-electron chi connectivity index (χ0n) is 16.8. The van der Waals surface area contributed by atoms with Gasteiger partial charge in [0.25, 0.3) is 0 Å². The van der Waals surface area contributed by atoms with Crippen LogP contribution in [0.3, 0.4) is 0 Å². The van der Waals surface area contributed by atoms with E-state index in [1.807, 2.05) is 45.9 Å². The highest BCUT2D eigenvalue weighted by atomic mass is 16.6. The minimum Gasteiger partial charge on any atom is -0.444 e. The summed E-state index contributed by atoms with van der Waals surface area (Å²) in [6.07, 6.45) is 1.35. The molecule has 1 unspecified atom stereocenters. The summed E-state index contributed by atoms with van der Waals surface area (Å²) in [5.74, 6) is 0.934. The van der Waals surface area contributed by atoms with Gasteiger partial charge in [-0.2, -0.15) is 0 Å².